The van der Waals surface area contributed by atoms with Gasteiger partial charge in [-0.05, 0) is 84.3 Å². The summed E-state index contributed by atoms with van der Waals surface area (Å²) in [5, 5.41) is 28.7. The second kappa shape index (κ2) is 24.1. The Kier molecular flexibility index (Phi) is 18.4. The van der Waals surface area contributed by atoms with Crippen molar-refractivity contribution in [2.75, 3.05) is 44.7 Å². The molecule has 73 heavy (non-hydrogen) atoms. The van der Waals surface area contributed by atoms with E-state index in [4.69, 9.17) is 45.6 Å². The van der Waals surface area contributed by atoms with Crippen LogP contribution in [0.15, 0.2) is 94.8 Å². The van der Waals surface area contributed by atoms with E-state index in [0.717, 1.165) is 11.1 Å². The summed E-state index contributed by atoms with van der Waals surface area (Å²) in [6.07, 6.45) is 3.00. The van der Waals surface area contributed by atoms with E-state index in [-0.39, 0.29) is 96.5 Å². The van der Waals surface area contributed by atoms with Gasteiger partial charge in [0, 0.05) is 90.3 Å². The Morgan fingerprint density at radius 3 is 1.44 bits per heavy atom. The first kappa shape index (κ1) is 55.9. The zero-order valence-electron chi connectivity index (χ0n) is 41.5. The average Bonchev–Trinajstić information content (AvgIpc) is 3.33. The van der Waals surface area contributed by atoms with Crippen molar-refractivity contribution < 1.29 is 29.4 Å². The molecular weight excluding hydrogens is 999 g/mol. The van der Waals surface area contributed by atoms with E-state index in [1.54, 1.807) is 84.3 Å². The van der Waals surface area contributed by atoms with E-state index in [9.17, 15) is 33.9 Å². The number of fused-ring (bicyclic) bond motifs is 2. The topological polar surface area (TPSA) is 247 Å². The Morgan fingerprint density at radius 2 is 1.04 bits per heavy atom. The number of nitrogens with one attached hydrogen (secondary N) is 3. The molecule has 8 rings (SSSR count). The predicted molar refractivity (Wildman–Crippen MR) is 284 cm³/mol. The molecule has 2 atom stereocenters. The monoisotopic (exact) mass is 1060 g/mol. The lowest BCUT2D eigenvalue weighted by molar-refractivity contribution is -0.142. The third kappa shape index (κ3) is 14.4. The molecular formula is C52H61Cl3N10O8. The van der Waals surface area contributed by atoms with Crippen LogP contribution in [0.5, 0.6) is 0 Å². The number of amides is 4. The van der Waals surface area contributed by atoms with E-state index >= 15 is 0 Å². The van der Waals surface area contributed by atoms with E-state index in [1.807, 2.05) is 0 Å². The molecule has 0 spiro atoms. The van der Waals surface area contributed by atoms with Gasteiger partial charge in [0.05, 0.1) is 18.2 Å². The number of aliphatic hydroxyl groups is 2. The number of anilines is 1. The molecule has 2 saturated heterocycles. The second-order valence-corrected chi connectivity index (χ2v) is 21.1. The summed E-state index contributed by atoms with van der Waals surface area (Å²) >= 11 is 18.1. The Labute approximate surface area is 437 Å². The van der Waals surface area contributed by atoms with Crippen molar-refractivity contribution in [2.24, 2.45) is 16.6 Å². The molecule has 0 radical (unpaired) electrons. The lowest BCUT2D eigenvalue weighted by Crippen LogP contribution is -2.56. The van der Waals surface area contributed by atoms with Gasteiger partial charge in [-0.3, -0.25) is 37.9 Å². The number of likely N-dealkylation sites (tertiary alicyclic amines) is 2. The Morgan fingerprint density at radius 1 is 0.644 bits per heavy atom. The lowest BCUT2D eigenvalue weighted by atomic mass is 9.84. The van der Waals surface area contributed by atoms with Gasteiger partial charge in [-0.1, -0.05) is 86.8 Å². The molecule has 4 aromatic heterocycles. The predicted octanol–water partition coefficient (Wildman–Crippen LogP) is 5.47. The SMILES string of the molecule is CC(CO)Nc1ccnc2c1cc(C(=O)NCc1ccc(Cl)cc1)c(=O)n2CC(=O)N1CC(C)(C)C1.CC(N)CO.CC1(C)CN(C(=O)Cn2c(=O)c(C(=O)NCc3ccc(Cl)cc3)cc3c(Cl)ccnc32)C1. The quantitative estimate of drug-likeness (QED) is 0.0796. The first-order valence-electron chi connectivity index (χ1n) is 23.5. The highest BCUT2D eigenvalue weighted by Crippen LogP contribution is 2.31. The number of benzene rings is 2. The lowest BCUT2D eigenvalue weighted by Gasteiger charge is -2.45. The maximum atomic E-state index is 13.5. The maximum absolute atomic E-state index is 13.5. The van der Waals surface area contributed by atoms with E-state index in [0.29, 0.717) is 57.7 Å². The number of aliphatic hydroxyl groups excluding tert-OH is 2. The van der Waals surface area contributed by atoms with Crippen LogP contribution in [0.2, 0.25) is 15.1 Å². The number of hydrogen-bond donors (Lipinski definition) is 6. The van der Waals surface area contributed by atoms with Crippen LogP contribution in [-0.2, 0) is 35.8 Å². The van der Waals surface area contributed by atoms with Gasteiger partial charge in [0.1, 0.15) is 35.5 Å². The summed E-state index contributed by atoms with van der Waals surface area (Å²) in [5.41, 5.74) is 6.58. The zero-order valence-corrected chi connectivity index (χ0v) is 43.8. The van der Waals surface area contributed by atoms with Gasteiger partial charge in [0.15, 0.2) is 0 Å². The molecule has 6 aromatic rings. The molecule has 4 amide bonds. The van der Waals surface area contributed by atoms with Gasteiger partial charge in [-0.25, -0.2) is 9.97 Å². The largest absolute Gasteiger partial charge is 0.395 e. The van der Waals surface area contributed by atoms with Crippen LogP contribution in [-0.4, -0.2) is 114 Å². The number of carbonyl (C=O) groups is 4. The summed E-state index contributed by atoms with van der Waals surface area (Å²) in [5.74, 6) is -1.53. The Hall–Kier alpha value is -6.41. The number of carbonyl (C=O) groups excluding carboxylic acids is 4. The highest BCUT2D eigenvalue weighted by atomic mass is 35.5. The van der Waals surface area contributed by atoms with Crippen LogP contribution < -0.4 is 32.8 Å². The highest BCUT2D eigenvalue weighted by molar-refractivity contribution is 6.35. The summed E-state index contributed by atoms with van der Waals surface area (Å²) in [7, 11) is 0. The number of pyridine rings is 4. The van der Waals surface area contributed by atoms with Crippen molar-refractivity contribution in [2.45, 2.75) is 79.8 Å². The van der Waals surface area contributed by atoms with Gasteiger partial charge in [0.2, 0.25) is 11.8 Å². The third-order valence-electron chi connectivity index (χ3n) is 11.9. The molecule has 388 valence electrons. The number of hydrogen-bond acceptors (Lipinski definition) is 12. The molecule has 6 heterocycles. The molecule has 2 aliphatic heterocycles. The molecule has 2 aliphatic rings. The molecule has 21 heteroatoms. The smallest absolute Gasteiger partial charge is 0.265 e. The molecule has 2 unspecified atom stereocenters. The normalized spacial score (nSPS) is 15.1. The van der Waals surface area contributed by atoms with Crippen molar-refractivity contribution >= 4 is 86.2 Å². The first-order chi connectivity index (χ1) is 34.5. The zero-order chi connectivity index (χ0) is 53.4. The maximum Gasteiger partial charge on any atom is 0.265 e. The fraction of sp³-hybridized carbons (Fsp3) is 0.385. The van der Waals surface area contributed by atoms with Crippen molar-refractivity contribution in [3.63, 3.8) is 0 Å². The average molecular weight is 1060 g/mol. The van der Waals surface area contributed by atoms with Crippen LogP contribution in [0.1, 0.15) is 73.4 Å². The van der Waals surface area contributed by atoms with Crippen molar-refractivity contribution in [1.29, 1.82) is 0 Å². The standard InChI is InChI=1S/C26H30ClN5O4.C23H22Cl2N4O3.C3H9NO/c1-16(13-33)30-21-8-9-28-23-19(21)10-20(24(35)29-11-17-4-6-18(27)7-5-17)25(36)32(23)12-22(34)31-14-26(2,3)15-31;1-23(2)12-28(13-23)19(30)11-29-20-16(18(25)7-8-26-20)9-17(22(29)32)21(31)27-10-14-3-5-15(24)6-4-14;1-3(4)2-5/h4-10,16,33H,11-15H2,1-3H3,(H,28,30)(H,29,35);3-9H,10-13H2,1-2H3,(H,27,31);3,5H,2,4H2,1H3. The molecule has 0 saturated carbocycles. The molecule has 2 aromatic carbocycles. The number of nitrogens with two attached hydrogens (primary N) is 1. The van der Waals surface area contributed by atoms with Gasteiger partial charge >= 0.3 is 0 Å². The molecule has 7 N–H and O–H groups in total. The van der Waals surface area contributed by atoms with E-state index in [1.165, 1.54) is 33.7 Å². The minimum absolute atomic E-state index is 0.0435. The van der Waals surface area contributed by atoms with Crippen LogP contribution in [0, 0.1) is 10.8 Å². The fourth-order valence-electron chi connectivity index (χ4n) is 8.12. The summed E-state index contributed by atoms with van der Waals surface area (Å²) < 4.78 is 2.49. The van der Waals surface area contributed by atoms with Crippen LogP contribution in [0.3, 0.4) is 0 Å². The minimum atomic E-state index is -0.593. The Bertz CT molecular complexity index is 3090. The van der Waals surface area contributed by atoms with Crippen molar-refractivity contribution in [3.05, 3.63) is 143 Å². The fourth-order valence-corrected chi connectivity index (χ4v) is 8.56. The van der Waals surface area contributed by atoms with Gasteiger partial charge in [-0.2, -0.15) is 0 Å². The van der Waals surface area contributed by atoms with Crippen LogP contribution in [0.25, 0.3) is 22.1 Å². The highest BCUT2D eigenvalue weighted by Gasteiger charge is 2.38. The molecule has 0 bridgehead atoms. The molecule has 18 nitrogen and oxygen atoms in total. The first-order valence-corrected chi connectivity index (χ1v) is 24.7. The van der Waals surface area contributed by atoms with Crippen LogP contribution in [0.4, 0.5) is 5.69 Å². The number of rotatable bonds is 14. The third-order valence-corrected chi connectivity index (χ3v) is 12.7. The number of halogens is 3. The minimum Gasteiger partial charge on any atom is -0.395 e. The van der Waals surface area contributed by atoms with Gasteiger partial charge < -0.3 is 41.7 Å². The molecule has 0 aliphatic carbocycles. The summed E-state index contributed by atoms with van der Waals surface area (Å²) in [4.78, 5) is 90.5. The Balaban J connectivity index is 0.000000219. The van der Waals surface area contributed by atoms with Crippen molar-refractivity contribution in [3.8, 4) is 0 Å². The summed E-state index contributed by atoms with van der Waals surface area (Å²) in [6.45, 7) is 14.3. The van der Waals surface area contributed by atoms with E-state index < -0.39 is 22.9 Å². The number of aromatic nitrogens is 4. The second-order valence-electron chi connectivity index (χ2n) is 19.9. The number of nitrogens with zero attached hydrogens (tertiary/aromatic N) is 6. The van der Waals surface area contributed by atoms with E-state index in [2.05, 4.69) is 53.6 Å². The van der Waals surface area contributed by atoms with Crippen molar-refractivity contribution in [1.82, 2.24) is 39.5 Å². The molecule has 2 fully saturated rings. The summed E-state index contributed by atoms with van der Waals surface area (Å²) in [6, 6.07) is 19.9. The van der Waals surface area contributed by atoms with Gasteiger partial charge in [-0.15, -0.1) is 0 Å². The van der Waals surface area contributed by atoms with Crippen LogP contribution >= 0.6 is 34.8 Å². The van der Waals surface area contributed by atoms with Gasteiger partial charge in [0.25, 0.3) is 22.9 Å².